The first-order valence-electron chi connectivity index (χ1n) is 27.4. The average Bonchev–Trinajstić information content (AvgIpc) is 3.57. The van der Waals surface area contributed by atoms with Crippen molar-refractivity contribution in [1.82, 2.24) is 0 Å². The van der Waals surface area contributed by atoms with Gasteiger partial charge in [0.25, 0.3) is 0 Å². The van der Waals surface area contributed by atoms with Crippen molar-refractivity contribution in [3.63, 3.8) is 0 Å². The second-order valence-electron chi connectivity index (χ2n) is 25.7. The van der Waals surface area contributed by atoms with Crippen LogP contribution in [0.25, 0.3) is 0 Å². The Kier molecular flexibility index (Phi) is 16.5. The van der Waals surface area contributed by atoms with Crippen LogP contribution in [0.4, 0.5) is 0 Å². The van der Waals surface area contributed by atoms with Crippen molar-refractivity contribution < 1.29 is 114 Å². The van der Waals surface area contributed by atoms with Crippen molar-refractivity contribution in [2.45, 2.75) is 235 Å². The zero-order valence-electron chi connectivity index (χ0n) is 44.6. The zero-order valence-corrected chi connectivity index (χ0v) is 44.6. The summed E-state index contributed by atoms with van der Waals surface area (Å²) in [5, 5.41) is 152. The lowest BCUT2D eigenvalue weighted by atomic mass is 9.33. The molecule has 9 aliphatic rings. The van der Waals surface area contributed by atoms with Gasteiger partial charge in [0.15, 0.2) is 25.2 Å². The molecule has 23 heteroatoms. The number of hydrogen-bond acceptors (Lipinski definition) is 22. The molecule has 4 aliphatic heterocycles. The number of carbonyl (C=O) groups is 1. The van der Waals surface area contributed by atoms with Crippen LogP contribution < -0.4 is 0 Å². The van der Waals surface area contributed by atoms with Crippen molar-refractivity contribution in [2.24, 2.45) is 50.2 Å². The Morgan fingerprint density at radius 2 is 1.21 bits per heavy atom. The molecule has 0 unspecified atom stereocenters. The maximum absolute atomic E-state index is 12.7. The van der Waals surface area contributed by atoms with E-state index < -0.39 is 176 Å². The van der Waals surface area contributed by atoms with Gasteiger partial charge in [0.1, 0.15) is 85.5 Å². The van der Waals surface area contributed by atoms with Gasteiger partial charge in [-0.25, -0.2) is 0 Å². The fraction of sp³-hybridized carbons (Fsp3) is 0.943. The van der Waals surface area contributed by atoms with Crippen LogP contribution in [0.3, 0.4) is 0 Å². The lowest BCUT2D eigenvalue weighted by Crippen LogP contribution is -2.68. The highest BCUT2D eigenvalue weighted by Crippen LogP contribution is 2.76. The number of aliphatic hydroxyl groups is 13. The van der Waals surface area contributed by atoms with Crippen molar-refractivity contribution >= 4 is 5.97 Å². The standard InChI is InChI=1S/C53H86O23/c1-22-32(58)36(62)39(65)43(70-22)76-42-38(64)34(60)26(19-55)72-46(42)73-27-20-69-45(41(35(27)61)75-44-40(66)37(63)33(59)25(18-54)71-44)74-31-11-12-50(5)28(48(31,2)3)10-13-51(6)29(50)9-8-23-24-16-49(4,47(67)68)14-15-53(24,21-56)30(57)17-52(23,51)7/h8,22,24-46,54-66H,9-21H2,1-7H3,(H,67,68)/t22-,24-,25+,26+,27-,28-,29+,30+,31-,32-,33+,34+,35-,36+,37-,38-,39+,40+,41+,42+,43-,44-,45-,46-,49-,50-,51+,52+,53+/m0/s1. The van der Waals surface area contributed by atoms with Gasteiger partial charge in [0, 0.05) is 5.41 Å². The second kappa shape index (κ2) is 21.3. The molecule has 29 atom stereocenters. The summed E-state index contributed by atoms with van der Waals surface area (Å²) in [6.45, 7) is 12.1. The Bertz CT molecular complexity index is 2100. The molecule has 0 aromatic carbocycles. The summed E-state index contributed by atoms with van der Waals surface area (Å²) in [4.78, 5) is 12.7. The molecule has 0 spiro atoms. The minimum Gasteiger partial charge on any atom is -0.481 e. The number of carboxylic acids is 1. The molecule has 23 nitrogen and oxygen atoms in total. The Morgan fingerprint density at radius 3 is 1.83 bits per heavy atom. The van der Waals surface area contributed by atoms with E-state index in [0.717, 1.165) is 24.8 Å². The van der Waals surface area contributed by atoms with Crippen molar-refractivity contribution in [2.75, 3.05) is 26.4 Å². The van der Waals surface area contributed by atoms with Crippen LogP contribution in [-0.4, -0.2) is 233 Å². The summed E-state index contributed by atoms with van der Waals surface area (Å²) in [5.74, 6) is -0.984. The molecule has 0 amide bonds. The maximum Gasteiger partial charge on any atom is 0.309 e. The van der Waals surface area contributed by atoms with Gasteiger partial charge in [-0.2, -0.15) is 0 Å². The smallest absolute Gasteiger partial charge is 0.309 e. The van der Waals surface area contributed by atoms with E-state index in [1.807, 2.05) is 0 Å². The van der Waals surface area contributed by atoms with Gasteiger partial charge < -0.3 is 109 Å². The summed E-state index contributed by atoms with van der Waals surface area (Å²) in [7, 11) is 0. The Morgan fingerprint density at radius 1 is 0.618 bits per heavy atom. The topological polar surface area (TPSA) is 374 Å². The average molecular weight is 1090 g/mol. The monoisotopic (exact) mass is 1090 g/mol. The van der Waals surface area contributed by atoms with E-state index in [1.165, 1.54) is 6.92 Å². The van der Waals surface area contributed by atoms with E-state index in [0.29, 0.717) is 38.5 Å². The molecule has 5 aliphatic carbocycles. The van der Waals surface area contributed by atoms with Crippen molar-refractivity contribution in [1.29, 1.82) is 0 Å². The number of allylic oxidation sites excluding steroid dienone is 2. The molecule has 8 fully saturated rings. The lowest BCUT2D eigenvalue weighted by molar-refractivity contribution is -0.394. The van der Waals surface area contributed by atoms with E-state index in [9.17, 15) is 76.3 Å². The van der Waals surface area contributed by atoms with Crippen LogP contribution in [0, 0.1) is 50.2 Å². The highest BCUT2D eigenvalue weighted by atomic mass is 16.8. The summed E-state index contributed by atoms with van der Waals surface area (Å²) in [6, 6.07) is 0. The Hall–Kier alpha value is -1.63. The van der Waals surface area contributed by atoms with E-state index in [4.69, 9.17) is 37.9 Å². The zero-order chi connectivity index (χ0) is 55.6. The van der Waals surface area contributed by atoms with E-state index >= 15 is 0 Å². The maximum atomic E-state index is 12.7. The van der Waals surface area contributed by atoms with Gasteiger partial charge in [0.05, 0.1) is 50.2 Å². The molecule has 0 bridgehead atoms. The summed E-state index contributed by atoms with van der Waals surface area (Å²) >= 11 is 0. The van der Waals surface area contributed by atoms with Crippen LogP contribution in [0.15, 0.2) is 11.6 Å². The highest BCUT2D eigenvalue weighted by Gasteiger charge is 2.71. The number of ether oxygens (including phenoxy) is 8. The SMILES string of the molecule is C[C@@H]1O[C@@H](O[C@H]2[C@H](O[C@H]3CO[C@@H](O[C@H]4CC[C@]5(C)[C@H]6CC=C7[C@@H]8C[C@@](C)(C(=O)O)CC[C@]8(CO)[C@H](O)C[C@@]7(C)[C@]6(C)CC[C@H]5C4(C)C)[C@H](O[C@@H]4O[C@H](CO)[C@@H](O)[C@H](O)[C@H]4O)[C@H]3O)O[C@H](CO)[C@@H](O)[C@@H]2O)[C@H](O)[C@H](O)[C@H]1O. The molecule has 0 aromatic rings. The molecule has 436 valence electrons. The van der Waals surface area contributed by atoms with E-state index in [-0.39, 0.29) is 35.2 Å². The first-order chi connectivity index (χ1) is 35.6. The fourth-order valence-corrected chi connectivity index (χ4v) is 16.4. The van der Waals surface area contributed by atoms with Gasteiger partial charge in [-0.3, -0.25) is 4.79 Å². The number of carboxylic acid groups (broad SMARTS) is 1. The second-order valence-corrected chi connectivity index (χ2v) is 25.7. The molecular formula is C53H86O23. The fourth-order valence-electron chi connectivity index (χ4n) is 16.4. The summed E-state index contributed by atoms with van der Waals surface area (Å²) < 4.78 is 48.9. The number of rotatable bonds is 12. The summed E-state index contributed by atoms with van der Waals surface area (Å²) in [6.07, 6.45) is -25.5. The number of aliphatic carboxylic acids is 1. The number of fused-ring (bicyclic) bond motifs is 7. The predicted octanol–water partition coefficient (Wildman–Crippen LogP) is -1.86. The molecule has 4 heterocycles. The normalized spacial score (nSPS) is 55.3. The van der Waals surface area contributed by atoms with Crippen LogP contribution in [0.2, 0.25) is 0 Å². The third-order valence-corrected chi connectivity index (χ3v) is 21.5. The number of aliphatic hydroxyl groups excluding tert-OH is 13. The first-order valence-corrected chi connectivity index (χ1v) is 27.4. The van der Waals surface area contributed by atoms with Crippen LogP contribution >= 0.6 is 0 Å². The Balaban J connectivity index is 0.975. The van der Waals surface area contributed by atoms with E-state index in [2.05, 4.69) is 40.7 Å². The lowest BCUT2D eigenvalue weighted by Gasteiger charge is -2.72. The highest BCUT2D eigenvalue weighted by molar-refractivity contribution is 5.74. The minimum absolute atomic E-state index is 0.0560. The predicted molar refractivity (Wildman–Crippen MR) is 259 cm³/mol. The third kappa shape index (κ3) is 9.27. The largest absolute Gasteiger partial charge is 0.481 e. The number of hydrogen-bond donors (Lipinski definition) is 14. The molecule has 9 rings (SSSR count). The molecule has 0 radical (unpaired) electrons. The van der Waals surface area contributed by atoms with Gasteiger partial charge in [-0.05, 0) is 111 Å². The molecule has 4 saturated heterocycles. The van der Waals surface area contributed by atoms with Gasteiger partial charge in [-0.1, -0.05) is 46.3 Å². The van der Waals surface area contributed by atoms with Crippen molar-refractivity contribution in [3.8, 4) is 0 Å². The molecule has 4 saturated carbocycles. The third-order valence-electron chi connectivity index (χ3n) is 21.5. The Labute approximate surface area is 442 Å². The first kappa shape index (κ1) is 59.0. The van der Waals surface area contributed by atoms with Gasteiger partial charge >= 0.3 is 5.97 Å². The summed E-state index contributed by atoms with van der Waals surface area (Å²) in [5.41, 5.74) is -2.33. The van der Waals surface area contributed by atoms with Gasteiger partial charge in [0.2, 0.25) is 0 Å². The van der Waals surface area contributed by atoms with Gasteiger partial charge in [-0.15, -0.1) is 0 Å². The molecule has 76 heavy (non-hydrogen) atoms. The van der Waals surface area contributed by atoms with E-state index in [1.54, 1.807) is 6.92 Å². The van der Waals surface area contributed by atoms with Crippen LogP contribution in [0.1, 0.15) is 106 Å². The quantitative estimate of drug-likeness (QED) is 0.0753. The van der Waals surface area contributed by atoms with Crippen molar-refractivity contribution in [3.05, 3.63) is 11.6 Å². The molecular weight excluding hydrogens is 1000 g/mol. The van der Waals surface area contributed by atoms with Crippen LogP contribution in [-0.2, 0) is 42.7 Å². The minimum atomic E-state index is -1.91. The molecule has 14 N–H and O–H groups in total. The molecule has 0 aromatic heterocycles. The van der Waals surface area contributed by atoms with Crippen LogP contribution in [0.5, 0.6) is 0 Å².